The molecule has 20 heavy (non-hydrogen) atoms. The van der Waals surface area contributed by atoms with Crippen LogP contribution in [0.1, 0.15) is 33.3 Å². The van der Waals surface area contributed by atoms with Gasteiger partial charge < -0.3 is 9.31 Å². The van der Waals surface area contributed by atoms with Gasteiger partial charge in [0.2, 0.25) is 0 Å². The lowest BCUT2D eigenvalue weighted by molar-refractivity contribution is 0.0815. The Labute approximate surface area is 127 Å². The first kappa shape index (κ1) is 15.9. The van der Waals surface area contributed by atoms with Crippen molar-refractivity contribution in [3.05, 3.63) is 35.9 Å². The molecule has 0 bridgehead atoms. The summed E-state index contributed by atoms with van der Waals surface area (Å²) < 4.78 is 12.2. The van der Waals surface area contributed by atoms with Crippen molar-refractivity contribution >= 4 is 18.7 Å². The normalized spacial score (nSPS) is 24.6. The Morgan fingerprint density at radius 3 is 1.95 bits per heavy atom. The van der Waals surface area contributed by atoms with Crippen LogP contribution in [0.3, 0.4) is 0 Å². The van der Waals surface area contributed by atoms with Crippen LogP contribution in [0.15, 0.2) is 30.3 Å². The minimum Gasteiger partial charge on any atom is -0.404 e. The van der Waals surface area contributed by atoms with Gasteiger partial charge in [0.15, 0.2) is 0 Å². The summed E-state index contributed by atoms with van der Waals surface area (Å²) in [5, 5.41) is -0.151. The second kappa shape index (κ2) is 6.97. The second-order valence-corrected chi connectivity index (χ2v) is 6.82. The monoisotopic (exact) mass is 294 g/mol. The molecule has 4 heteroatoms. The van der Waals surface area contributed by atoms with Gasteiger partial charge in [0.25, 0.3) is 0 Å². The number of hydrogen-bond acceptors (Lipinski definition) is 2. The molecule has 0 spiro atoms. The maximum Gasteiger partial charge on any atom is 0.476 e. The summed E-state index contributed by atoms with van der Waals surface area (Å²) in [7, 11) is -0.309. The van der Waals surface area contributed by atoms with Crippen molar-refractivity contribution in [3.63, 3.8) is 0 Å². The highest BCUT2D eigenvalue weighted by molar-refractivity contribution is 6.59. The molecule has 0 unspecified atom stereocenters. The van der Waals surface area contributed by atoms with Gasteiger partial charge in [-0.25, -0.2) is 0 Å². The van der Waals surface area contributed by atoms with Gasteiger partial charge in [-0.1, -0.05) is 58.0 Å². The summed E-state index contributed by atoms with van der Waals surface area (Å²) in [6.07, 6.45) is 1.04. The average Bonchev–Trinajstić information content (AvgIpc) is 2.85. The lowest BCUT2D eigenvalue weighted by atomic mass is 9.81. The Kier molecular flexibility index (Phi) is 5.53. The Hall–Kier alpha value is -0.505. The van der Waals surface area contributed by atoms with Crippen LogP contribution in [0.5, 0.6) is 0 Å². The third-order valence-corrected chi connectivity index (χ3v) is 4.15. The quantitative estimate of drug-likeness (QED) is 0.604. The van der Waals surface area contributed by atoms with Crippen LogP contribution < -0.4 is 0 Å². The van der Waals surface area contributed by atoms with Crippen LogP contribution >= 0.6 is 11.6 Å². The Balaban J connectivity index is 1.99. The predicted molar refractivity (Wildman–Crippen MR) is 85.0 cm³/mol. The lowest BCUT2D eigenvalue weighted by Crippen LogP contribution is -2.31. The third kappa shape index (κ3) is 3.78. The van der Waals surface area contributed by atoms with E-state index in [1.807, 2.05) is 18.2 Å². The molecule has 0 N–H and O–H groups in total. The zero-order chi connectivity index (χ0) is 14.7. The van der Waals surface area contributed by atoms with E-state index in [4.69, 9.17) is 20.9 Å². The fraction of sp³-hybridized carbons (Fsp3) is 0.625. The van der Waals surface area contributed by atoms with E-state index in [0.717, 1.165) is 6.42 Å². The standard InChI is InChI=1S/C16H24BClO2/c1-11(2)15-16(12(3)4)20-17(19-15)14(18)10-13-8-6-5-7-9-13/h5-9,11-12,14-16H,10H2,1-4H3/t14-,15+,16+/m1/s1. The maximum atomic E-state index is 6.51. The molecule has 0 saturated carbocycles. The molecule has 0 radical (unpaired) electrons. The molecule has 1 heterocycles. The summed E-state index contributed by atoms with van der Waals surface area (Å²) >= 11 is 6.51. The topological polar surface area (TPSA) is 18.5 Å². The van der Waals surface area contributed by atoms with Crippen LogP contribution in [-0.4, -0.2) is 24.6 Å². The fourth-order valence-electron chi connectivity index (χ4n) is 2.68. The molecule has 0 amide bonds. The summed E-state index contributed by atoms with van der Waals surface area (Å²) in [6.45, 7) is 8.69. The molecule has 1 aromatic rings. The fourth-order valence-corrected chi connectivity index (χ4v) is 2.97. The third-order valence-electron chi connectivity index (χ3n) is 3.79. The molecule has 2 nitrogen and oxygen atoms in total. The minimum absolute atomic E-state index is 0.136. The molecule has 1 aliphatic heterocycles. The van der Waals surface area contributed by atoms with E-state index >= 15 is 0 Å². The van der Waals surface area contributed by atoms with E-state index in [1.165, 1.54) is 5.56 Å². The van der Waals surface area contributed by atoms with Crippen molar-refractivity contribution < 1.29 is 9.31 Å². The molecular formula is C16H24BClO2. The van der Waals surface area contributed by atoms with Crippen molar-refractivity contribution in [2.75, 3.05) is 0 Å². The van der Waals surface area contributed by atoms with Crippen molar-refractivity contribution in [2.24, 2.45) is 11.8 Å². The lowest BCUT2D eigenvalue weighted by Gasteiger charge is -2.24. The molecule has 1 aromatic carbocycles. The second-order valence-electron chi connectivity index (χ2n) is 6.26. The largest absolute Gasteiger partial charge is 0.476 e. The summed E-state index contributed by atoms with van der Waals surface area (Å²) in [5.74, 6) is 0.876. The van der Waals surface area contributed by atoms with Gasteiger partial charge in [0.1, 0.15) is 0 Å². The molecular weight excluding hydrogens is 270 g/mol. The summed E-state index contributed by atoms with van der Waals surface area (Å²) in [4.78, 5) is 0. The summed E-state index contributed by atoms with van der Waals surface area (Å²) in [5.41, 5.74) is 1.22. The van der Waals surface area contributed by atoms with Gasteiger partial charge >= 0.3 is 7.12 Å². The number of benzene rings is 1. The van der Waals surface area contributed by atoms with Gasteiger partial charge in [-0.2, -0.15) is 0 Å². The molecule has 1 fully saturated rings. The van der Waals surface area contributed by atoms with Crippen molar-refractivity contribution in [1.29, 1.82) is 0 Å². The highest BCUT2D eigenvalue weighted by Crippen LogP contribution is 2.31. The van der Waals surface area contributed by atoms with Crippen LogP contribution in [0.2, 0.25) is 0 Å². The Morgan fingerprint density at radius 1 is 1.00 bits per heavy atom. The zero-order valence-corrected chi connectivity index (χ0v) is 13.5. The molecule has 0 aromatic heterocycles. The first-order chi connectivity index (χ1) is 9.49. The molecule has 110 valence electrons. The van der Waals surface area contributed by atoms with Crippen LogP contribution in [0.4, 0.5) is 0 Å². The van der Waals surface area contributed by atoms with Crippen LogP contribution in [-0.2, 0) is 15.7 Å². The molecule has 2 rings (SSSR count). The van der Waals surface area contributed by atoms with Gasteiger partial charge in [-0.05, 0) is 23.8 Å². The minimum atomic E-state index is -0.309. The van der Waals surface area contributed by atoms with Gasteiger partial charge in [0, 0.05) is 0 Å². The van der Waals surface area contributed by atoms with Gasteiger partial charge in [-0.15, -0.1) is 11.6 Å². The molecule has 3 atom stereocenters. The van der Waals surface area contributed by atoms with Crippen molar-refractivity contribution in [1.82, 2.24) is 0 Å². The highest BCUT2D eigenvalue weighted by Gasteiger charge is 2.45. The molecule has 1 aliphatic rings. The van der Waals surface area contributed by atoms with Crippen LogP contribution in [0.25, 0.3) is 0 Å². The predicted octanol–water partition coefficient (Wildman–Crippen LogP) is 3.96. The molecule has 0 aliphatic carbocycles. The van der Waals surface area contributed by atoms with E-state index in [2.05, 4.69) is 39.8 Å². The van der Waals surface area contributed by atoms with E-state index in [0.29, 0.717) is 11.8 Å². The number of halogens is 1. The van der Waals surface area contributed by atoms with Crippen molar-refractivity contribution in [2.45, 2.75) is 51.6 Å². The van der Waals surface area contributed by atoms with Crippen molar-refractivity contribution in [3.8, 4) is 0 Å². The van der Waals surface area contributed by atoms with Crippen LogP contribution in [0, 0.1) is 11.8 Å². The van der Waals surface area contributed by atoms with E-state index in [9.17, 15) is 0 Å². The maximum absolute atomic E-state index is 6.51. The Morgan fingerprint density at radius 2 is 1.50 bits per heavy atom. The number of hydrogen-bond donors (Lipinski definition) is 0. The zero-order valence-electron chi connectivity index (χ0n) is 12.8. The SMILES string of the molecule is CC(C)[C@@H]1OB([C@H](Cl)Cc2ccccc2)O[C@H]1C(C)C. The smallest absolute Gasteiger partial charge is 0.404 e. The van der Waals surface area contributed by atoms with Gasteiger partial charge in [-0.3, -0.25) is 0 Å². The first-order valence-corrected chi connectivity index (χ1v) is 7.91. The molecule has 1 saturated heterocycles. The van der Waals surface area contributed by atoms with E-state index in [1.54, 1.807) is 0 Å². The first-order valence-electron chi connectivity index (χ1n) is 7.48. The highest BCUT2D eigenvalue weighted by atomic mass is 35.5. The average molecular weight is 295 g/mol. The number of alkyl halides is 1. The van der Waals surface area contributed by atoms with Gasteiger partial charge in [0.05, 0.1) is 17.5 Å². The number of rotatable bonds is 5. The van der Waals surface area contributed by atoms with E-state index in [-0.39, 0.29) is 24.6 Å². The Bertz CT molecular complexity index is 394. The van der Waals surface area contributed by atoms with E-state index < -0.39 is 0 Å². The summed E-state index contributed by atoms with van der Waals surface area (Å²) in [6, 6.07) is 10.2.